The van der Waals surface area contributed by atoms with Crippen molar-refractivity contribution in [3.8, 4) is 0 Å². The van der Waals surface area contributed by atoms with E-state index in [0.717, 1.165) is 22.2 Å². The standard InChI is InChI=1S/C30H32BrClF3N3O4S/c1-5-20(3)36-29(40)21(4)37(17-22-8-10-23(31)11-9-22)28(39)18-38(43(41,42)25-13-6-19(2)7-14-25)24-12-15-27(32)26(16-24)30(33,34)35/h6-16,20-21H,5,17-18H2,1-4H3,(H,36,40)/t20-,21+/m0/s1. The fourth-order valence-electron chi connectivity index (χ4n) is 4.09. The highest BCUT2D eigenvalue weighted by Crippen LogP contribution is 2.38. The molecule has 0 aromatic heterocycles. The van der Waals surface area contributed by atoms with Crippen LogP contribution < -0.4 is 9.62 Å². The summed E-state index contributed by atoms with van der Waals surface area (Å²) < 4.78 is 70.5. The van der Waals surface area contributed by atoms with Crippen LogP contribution in [0.3, 0.4) is 0 Å². The Labute approximate surface area is 263 Å². The van der Waals surface area contributed by atoms with Crippen molar-refractivity contribution in [3.05, 3.63) is 92.9 Å². The van der Waals surface area contributed by atoms with Crippen molar-refractivity contribution < 1.29 is 31.2 Å². The summed E-state index contributed by atoms with van der Waals surface area (Å²) in [5, 5.41) is 2.20. The number of halogens is 5. The molecule has 1 N–H and O–H groups in total. The van der Waals surface area contributed by atoms with Crippen LogP contribution in [-0.2, 0) is 32.3 Å². The monoisotopic (exact) mass is 701 g/mol. The Hall–Kier alpha value is -3.09. The molecule has 43 heavy (non-hydrogen) atoms. The lowest BCUT2D eigenvalue weighted by Gasteiger charge is -2.32. The van der Waals surface area contributed by atoms with Gasteiger partial charge in [0.15, 0.2) is 0 Å². The predicted molar refractivity (Wildman–Crippen MR) is 164 cm³/mol. The van der Waals surface area contributed by atoms with Gasteiger partial charge in [-0.1, -0.05) is 64.3 Å². The quantitative estimate of drug-likeness (QED) is 0.234. The smallest absolute Gasteiger partial charge is 0.352 e. The fourth-order valence-corrected chi connectivity index (χ4v) is 5.98. The van der Waals surface area contributed by atoms with Crippen LogP contribution in [0.5, 0.6) is 0 Å². The van der Waals surface area contributed by atoms with E-state index in [4.69, 9.17) is 11.6 Å². The molecule has 0 heterocycles. The number of anilines is 1. The number of nitrogens with one attached hydrogen (secondary N) is 1. The number of sulfonamides is 1. The van der Waals surface area contributed by atoms with Crippen molar-refractivity contribution in [1.29, 1.82) is 0 Å². The molecule has 0 aliphatic carbocycles. The van der Waals surface area contributed by atoms with Gasteiger partial charge in [0.2, 0.25) is 11.8 Å². The van der Waals surface area contributed by atoms with Gasteiger partial charge in [-0.25, -0.2) is 8.42 Å². The summed E-state index contributed by atoms with van der Waals surface area (Å²) in [7, 11) is -4.55. The Morgan fingerprint density at radius 3 is 2.16 bits per heavy atom. The number of aryl methyl sites for hydroxylation is 1. The molecule has 0 fully saturated rings. The highest BCUT2D eigenvalue weighted by Gasteiger charge is 2.37. The van der Waals surface area contributed by atoms with E-state index in [1.807, 2.05) is 6.92 Å². The zero-order valence-corrected chi connectivity index (χ0v) is 27.1. The van der Waals surface area contributed by atoms with Crippen LogP contribution in [0.4, 0.5) is 18.9 Å². The molecule has 2 amide bonds. The van der Waals surface area contributed by atoms with Gasteiger partial charge in [0.25, 0.3) is 10.0 Å². The molecule has 7 nitrogen and oxygen atoms in total. The van der Waals surface area contributed by atoms with E-state index in [0.29, 0.717) is 22.4 Å². The minimum Gasteiger partial charge on any atom is -0.352 e. The maximum Gasteiger partial charge on any atom is 0.417 e. The lowest BCUT2D eigenvalue weighted by atomic mass is 10.1. The summed E-state index contributed by atoms with van der Waals surface area (Å²) >= 11 is 9.16. The van der Waals surface area contributed by atoms with Gasteiger partial charge >= 0.3 is 6.18 Å². The van der Waals surface area contributed by atoms with E-state index in [1.165, 1.54) is 36.1 Å². The van der Waals surface area contributed by atoms with Gasteiger partial charge in [-0.2, -0.15) is 13.2 Å². The summed E-state index contributed by atoms with van der Waals surface area (Å²) in [4.78, 5) is 28.1. The van der Waals surface area contributed by atoms with Gasteiger partial charge in [-0.05, 0) is 75.2 Å². The van der Waals surface area contributed by atoms with Crippen molar-refractivity contribution >= 4 is 55.1 Å². The molecule has 13 heteroatoms. The fraction of sp³-hybridized carbons (Fsp3) is 0.333. The van der Waals surface area contributed by atoms with Crippen LogP contribution in [0.1, 0.15) is 43.9 Å². The maximum absolute atomic E-state index is 14.0. The average molecular weight is 703 g/mol. The van der Waals surface area contributed by atoms with Crippen LogP contribution >= 0.6 is 27.5 Å². The van der Waals surface area contributed by atoms with Crippen molar-refractivity contribution in [2.45, 2.75) is 63.8 Å². The first kappa shape index (κ1) is 34.4. The first-order valence-corrected chi connectivity index (χ1v) is 16.0. The first-order valence-electron chi connectivity index (χ1n) is 13.3. The van der Waals surface area contributed by atoms with Crippen LogP contribution in [0.25, 0.3) is 0 Å². The lowest BCUT2D eigenvalue weighted by molar-refractivity contribution is -0.139. The van der Waals surface area contributed by atoms with Crippen molar-refractivity contribution in [1.82, 2.24) is 10.2 Å². The molecule has 0 aliphatic rings. The summed E-state index contributed by atoms with van der Waals surface area (Å²) in [5.41, 5.74) is -0.255. The van der Waals surface area contributed by atoms with Gasteiger partial charge in [0.05, 0.1) is 21.2 Å². The number of hydrogen-bond donors (Lipinski definition) is 1. The Morgan fingerprint density at radius 1 is 1.00 bits per heavy atom. The van der Waals surface area contributed by atoms with Gasteiger partial charge in [0.1, 0.15) is 12.6 Å². The van der Waals surface area contributed by atoms with Crippen LogP contribution in [0, 0.1) is 6.92 Å². The minimum absolute atomic E-state index is 0.0615. The highest BCUT2D eigenvalue weighted by atomic mass is 79.9. The molecule has 0 unspecified atom stereocenters. The third-order valence-corrected chi connectivity index (χ3v) is 9.51. The molecule has 0 saturated heterocycles. The number of amides is 2. The van der Waals surface area contributed by atoms with Gasteiger partial charge < -0.3 is 10.2 Å². The van der Waals surface area contributed by atoms with Gasteiger partial charge in [-0.3, -0.25) is 13.9 Å². The number of rotatable bonds is 11. The third-order valence-electron chi connectivity index (χ3n) is 6.87. The second-order valence-corrected chi connectivity index (χ2v) is 13.3. The van der Waals surface area contributed by atoms with Gasteiger partial charge in [-0.15, -0.1) is 0 Å². The van der Waals surface area contributed by atoms with Crippen LogP contribution in [0.15, 0.2) is 76.1 Å². The van der Waals surface area contributed by atoms with E-state index in [1.54, 1.807) is 38.1 Å². The highest BCUT2D eigenvalue weighted by molar-refractivity contribution is 9.10. The topological polar surface area (TPSA) is 86.8 Å². The predicted octanol–water partition coefficient (Wildman–Crippen LogP) is 6.96. The summed E-state index contributed by atoms with van der Waals surface area (Å²) in [6.45, 7) is 6.01. The SMILES string of the molecule is CC[C@H](C)NC(=O)[C@@H](C)N(Cc1ccc(Br)cc1)C(=O)CN(c1ccc(Cl)c(C(F)(F)F)c1)S(=O)(=O)c1ccc(C)cc1. The number of alkyl halides is 3. The van der Waals surface area contributed by atoms with E-state index < -0.39 is 56.9 Å². The second-order valence-electron chi connectivity index (χ2n) is 10.1. The number of nitrogens with zero attached hydrogens (tertiary/aromatic N) is 2. The average Bonchev–Trinajstić information content (AvgIpc) is 2.95. The lowest BCUT2D eigenvalue weighted by Crippen LogP contribution is -2.52. The molecule has 232 valence electrons. The van der Waals surface area contributed by atoms with Crippen molar-refractivity contribution in [2.75, 3.05) is 10.8 Å². The molecule has 2 atom stereocenters. The Balaban J connectivity index is 2.11. The van der Waals surface area contributed by atoms with E-state index in [-0.39, 0.29) is 17.5 Å². The molecule has 0 saturated carbocycles. The zero-order valence-electron chi connectivity index (χ0n) is 24.0. The van der Waals surface area contributed by atoms with E-state index in [9.17, 15) is 31.2 Å². The summed E-state index contributed by atoms with van der Waals surface area (Å²) in [6, 6.07) is 14.1. The molecule has 0 bridgehead atoms. The summed E-state index contributed by atoms with van der Waals surface area (Å²) in [5.74, 6) is -1.26. The van der Waals surface area contributed by atoms with Crippen molar-refractivity contribution in [2.24, 2.45) is 0 Å². The molecule has 3 aromatic rings. The molecule has 0 spiro atoms. The minimum atomic E-state index is -4.88. The molecule has 0 aliphatic heterocycles. The van der Waals surface area contributed by atoms with Crippen LogP contribution in [-0.4, -0.2) is 43.8 Å². The van der Waals surface area contributed by atoms with Crippen molar-refractivity contribution in [3.63, 3.8) is 0 Å². The van der Waals surface area contributed by atoms with E-state index in [2.05, 4.69) is 21.2 Å². The number of carbonyl (C=O) groups is 2. The molecular formula is C30H32BrClF3N3O4S. The molecular weight excluding hydrogens is 671 g/mol. The third kappa shape index (κ3) is 8.73. The van der Waals surface area contributed by atoms with Crippen LogP contribution in [0.2, 0.25) is 5.02 Å². The Bertz CT molecular complexity index is 1550. The second kappa shape index (κ2) is 14.1. The normalized spacial score (nSPS) is 13.2. The molecule has 3 rings (SSSR count). The number of carbonyl (C=O) groups excluding carboxylic acids is 2. The first-order chi connectivity index (χ1) is 20.0. The molecule has 3 aromatic carbocycles. The summed E-state index contributed by atoms with van der Waals surface area (Å²) in [6.07, 6.45) is -4.24. The van der Waals surface area contributed by atoms with Gasteiger partial charge in [0, 0.05) is 17.1 Å². The zero-order chi connectivity index (χ0) is 32.1. The Kier molecular flexibility index (Phi) is 11.3. The number of hydrogen-bond acceptors (Lipinski definition) is 4. The molecule has 0 radical (unpaired) electrons. The maximum atomic E-state index is 14.0. The number of benzene rings is 3. The van der Waals surface area contributed by atoms with E-state index >= 15 is 0 Å². The largest absolute Gasteiger partial charge is 0.417 e. The Morgan fingerprint density at radius 2 is 1.60 bits per heavy atom.